The summed E-state index contributed by atoms with van der Waals surface area (Å²) in [7, 11) is 0. The van der Waals surface area contributed by atoms with Crippen molar-refractivity contribution in [2.75, 3.05) is 19.7 Å². The number of amides is 2. The molecule has 1 unspecified atom stereocenters. The van der Waals surface area contributed by atoms with E-state index in [0.717, 1.165) is 15.6 Å². The highest BCUT2D eigenvalue weighted by Crippen LogP contribution is 2.39. The van der Waals surface area contributed by atoms with Crippen molar-refractivity contribution in [3.63, 3.8) is 0 Å². The van der Waals surface area contributed by atoms with Crippen molar-refractivity contribution in [2.24, 2.45) is 11.0 Å². The van der Waals surface area contributed by atoms with E-state index in [0.29, 0.717) is 5.02 Å². The summed E-state index contributed by atoms with van der Waals surface area (Å²) in [6, 6.07) is 5.14. The molecule has 1 aliphatic rings. The van der Waals surface area contributed by atoms with Gasteiger partial charge in [-0.3, -0.25) is 4.79 Å². The third kappa shape index (κ3) is 5.44. The molecule has 1 aliphatic heterocycles. The fraction of sp³-hybridized carbons (Fsp3) is 0.474. The van der Waals surface area contributed by atoms with Gasteiger partial charge in [-0.15, -0.1) is 0 Å². The lowest BCUT2D eigenvalue weighted by Gasteiger charge is -2.42. The maximum Gasteiger partial charge on any atom is 0.322 e. The van der Waals surface area contributed by atoms with Gasteiger partial charge in [0.05, 0.1) is 23.6 Å². The minimum Gasteiger partial charge on any atom is -0.466 e. The number of halogens is 2. The molecule has 8 nitrogen and oxygen atoms in total. The van der Waals surface area contributed by atoms with Crippen LogP contribution in [0.2, 0.25) is 5.02 Å². The molecule has 0 radical (unpaired) electrons. The number of urea groups is 1. The molecule has 0 aromatic heterocycles. The molecule has 1 aromatic carbocycles. The maximum atomic E-state index is 12.8. The molecule has 2 rings (SSSR count). The van der Waals surface area contributed by atoms with Crippen molar-refractivity contribution in [3.05, 3.63) is 55.5 Å². The molecule has 0 spiro atoms. The first-order valence-electron chi connectivity index (χ1n) is 9.15. The zero-order valence-corrected chi connectivity index (χ0v) is 18.8. The predicted octanol–water partition coefficient (Wildman–Crippen LogP) is 5.13. The zero-order valence-electron chi connectivity index (χ0n) is 16.5. The van der Waals surface area contributed by atoms with Crippen molar-refractivity contribution >= 4 is 39.5 Å². The Morgan fingerprint density at radius 3 is 2.86 bits per heavy atom. The van der Waals surface area contributed by atoms with Gasteiger partial charge in [0.2, 0.25) is 0 Å². The average Bonchev–Trinajstić information content (AvgIpc) is 2.67. The second kappa shape index (κ2) is 10.0. The number of ether oxygens (including phenoxy) is 1. The molecule has 1 aromatic rings. The summed E-state index contributed by atoms with van der Waals surface area (Å²) in [6.07, 6.45) is 1.81. The number of benzene rings is 1. The third-order valence-electron chi connectivity index (χ3n) is 4.80. The summed E-state index contributed by atoms with van der Waals surface area (Å²) in [6.45, 7) is 6.22. The Balaban J connectivity index is 2.43. The van der Waals surface area contributed by atoms with E-state index in [1.165, 1.54) is 4.90 Å². The van der Waals surface area contributed by atoms with Crippen molar-refractivity contribution in [1.29, 1.82) is 0 Å². The van der Waals surface area contributed by atoms with Gasteiger partial charge in [0.25, 0.3) is 0 Å². The van der Waals surface area contributed by atoms with Crippen LogP contribution < -0.4 is 5.32 Å². The van der Waals surface area contributed by atoms with Gasteiger partial charge < -0.3 is 15.0 Å². The van der Waals surface area contributed by atoms with E-state index in [1.54, 1.807) is 19.2 Å². The Morgan fingerprint density at radius 1 is 1.52 bits per heavy atom. The molecule has 0 aliphatic carbocycles. The largest absolute Gasteiger partial charge is 0.466 e. The first kappa shape index (κ1) is 23.1. The fourth-order valence-electron chi connectivity index (χ4n) is 3.25. The topological polar surface area (TPSA) is 107 Å². The molecule has 0 saturated carbocycles. The maximum absolute atomic E-state index is 12.8. The first-order valence-corrected chi connectivity index (χ1v) is 10.3. The van der Waals surface area contributed by atoms with Crippen LogP contribution >= 0.6 is 27.5 Å². The van der Waals surface area contributed by atoms with Crippen molar-refractivity contribution in [3.8, 4) is 0 Å². The summed E-state index contributed by atoms with van der Waals surface area (Å²) in [5.41, 5.74) is 9.48. The Morgan fingerprint density at radius 2 is 2.24 bits per heavy atom. The summed E-state index contributed by atoms with van der Waals surface area (Å²) in [4.78, 5) is 28.8. The standard InChI is InChI=1S/C19H23BrClN5O3/c1-4-29-17(27)7-8-26-11-14(12(2)10-23-25-22)19(3,24-18(26)28)13-5-6-15(20)16(21)9-13/h5-6,9,11-12H,4,7-8,10H2,1-3H3,(H,24,28)/t12?,19-/m0/s1. The molecule has 10 heteroatoms. The van der Waals surface area contributed by atoms with E-state index in [1.807, 2.05) is 26.0 Å². The predicted molar refractivity (Wildman–Crippen MR) is 114 cm³/mol. The summed E-state index contributed by atoms with van der Waals surface area (Å²) < 4.78 is 5.69. The molecule has 0 bridgehead atoms. The second-order valence-electron chi connectivity index (χ2n) is 6.83. The lowest BCUT2D eigenvalue weighted by Crippen LogP contribution is -2.55. The minimum absolute atomic E-state index is 0.0800. The number of nitrogens with one attached hydrogen (secondary N) is 1. The van der Waals surface area contributed by atoms with Crippen LogP contribution in [0.4, 0.5) is 4.79 Å². The average molecular weight is 485 g/mol. The number of hydrogen-bond donors (Lipinski definition) is 1. The monoisotopic (exact) mass is 483 g/mol. The van der Waals surface area contributed by atoms with E-state index in [2.05, 4.69) is 31.3 Å². The smallest absolute Gasteiger partial charge is 0.322 e. The van der Waals surface area contributed by atoms with E-state index in [4.69, 9.17) is 21.9 Å². The van der Waals surface area contributed by atoms with Gasteiger partial charge in [0.1, 0.15) is 0 Å². The van der Waals surface area contributed by atoms with Crippen LogP contribution in [0.1, 0.15) is 32.8 Å². The van der Waals surface area contributed by atoms with Crippen LogP contribution in [0.5, 0.6) is 0 Å². The Labute approximate surface area is 183 Å². The quantitative estimate of drug-likeness (QED) is 0.239. The highest BCUT2D eigenvalue weighted by molar-refractivity contribution is 9.10. The van der Waals surface area contributed by atoms with Crippen LogP contribution in [0, 0.1) is 5.92 Å². The number of azide groups is 1. The molecule has 0 saturated heterocycles. The van der Waals surface area contributed by atoms with E-state index < -0.39 is 5.54 Å². The van der Waals surface area contributed by atoms with Gasteiger partial charge in [-0.25, -0.2) is 4.79 Å². The van der Waals surface area contributed by atoms with Crippen molar-refractivity contribution in [1.82, 2.24) is 10.2 Å². The fourth-order valence-corrected chi connectivity index (χ4v) is 3.67. The molecule has 156 valence electrons. The Bertz CT molecular complexity index is 871. The molecule has 2 atom stereocenters. The molecular formula is C19H23BrClN5O3. The molecule has 1 heterocycles. The molecule has 29 heavy (non-hydrogen) atoms. The lowest BCUT2D eigenvalue weighted by atomic mass is 9.77. The minimum atomic E-state index is -0.855. The molecule has 0 fully saturated rings. The van der Waals surface area contributed by atoms with E-state index in [-0.39, 0.29) is 44.0 Å². The highest BCUT2D eigenvalue weighted by Gasteiger charge is 2.40. The third-order valence-corrected chi connectivity index (χ3v) is 6.03. The number of esters is 1. The zero-order chi connectivity index (χ0) is 21.6. The number of nitrogens with zero attached hydrogens (tertiary/aromatic N) is 4. The van der Waals surface area contributed by atoms with Crippen LogP contribution in [0.3, 0.4) is 0 Å². The van der Waals surface area contributed by atoms with Gasteiger partial charge in [0.15, 0.2) is 0 Å². The second-order valence-corrected chi connectivity index (χ2v) is 8.09. The number of rotatable bonds is 8. The molecule has 1 N–H and O–H groups in total. The number of carbonyl (C=O) groups excluding carboxylic acids is 2. The van der Waals surface area contributed by atoms with Crippen LogP contribution in [-0.4, -0.2) is 36.6 Å². The number of carbonyl (C=O) groups is 2. The molecule has 2 amide bonds. The van der Waals surface area contributed by atoms with Crippen LogP contribution in [0.15, 0.2) is 39.6 Å². The van der Waals surface area contributed by atoms with Gasteiger partial charge in [0, 0.05) is 28.7 Å². The van der Waals surface area contributed by atoms with Crippen molar-refractivity contribution in [2.45, 2.75) is 32.7 Å². The SMILES string of the molecule is CCOC(=O)CCN1C=C(C(C)CN=[N+]=[N-])[C@](C)(c2ccc(Br)c(Cl)c2)NC1=O. The summed E-state index contributed by atoms with van der Waals surface area (Å²) in [5, 5.41) is 7.23. The Hall–Kier alpha value is -2.22. The first-order chi connectivity index (χ1) is 13.7. The van der Waals surface area contributed by atoms with Crippen LogP contribution in [0.25, 0.3) is 10.4 Å². The Kier molecular flexibility index (Phi) is 7.96. The van der Waals surface area contributed by atoms with Gasteiger partial charge in [-0.05, 0) is 64.5 Å². The van der Waals surface area contributed by atoms with Gasteiger partial charge >= 0.3 is 12.0 Å². The van der Waals surface area contributed by atoms with Crippen molar-refractivity contribution < 1.29 is 14.3 Å². The van der Waals surface area contributed by atoms with E-state index in [9.17, 15) is 9.59 Å². The van der Waals surface area contributed by atoms with Gasteiger partial charge in [-0.2, -0.15) is 0 Å². The summed E-state index contributed by atoms with van der Waals surface area (Å²) in [5.74, 6) is -0.533. The van der Waals surface area contributed by atoms with Crippen LogP contribution in [-0.2, 0) is 15.1 Å². The van der Waals surface area contributed by atoms with Gasteiger partial charge in [-0.1, -0.05) is 29.7 Å². The normalized spacial score (nSPS) is 19.7. The lowest BCUT2D eigenvalue weighted by molar-refractivity contribution is -0.143. The summed E-state index contributed by atoms with van der Waals surface area (Å²) >= 11 is 9.65. The highest BCUT2D eigenvalue weighted by atomic mass is 79.9. The number of hydrogen-bond acceptors (Lipinski definition) is 4. The molecular weight excluding hydrogens is 462 g/mol. The van der Waals surface area contributed by atoms with E-state index >= 15 is 0 Å².